The van der Waals surface area contributed by atoms with Gasteiger partial charge in [-0.05, 0) is 61.9 Å². The van der Waals surface area contributed by atoms with Crippen LogP contribution in [0.5, 0.6) is 5.75 Å². The summed E-state index contributed by atoms with van der Waals surface area (Å²) in [5.41, 5.74) is 3.11. The van der Waals surface area contributed by atoms with Gasteiger partial charge in [-0.25, -0.2) is 8.42 Å². The van der Waals surface area contributed by atoms with Crippen molar-refractivity contribution >= 4 is 33.6 Å². The molecule has 8 heteroatoms. The number of ether oxygens (including phenoxy) is 1. The Labute approximate surface area is 157 Å². The third kappa shape index (κ3) is 6.51. The summed E-state index contributed by atoms with van der Waals surface area (Å²) in [4.78, 5) is 14.0. The molecule has 2 aromatic carbocycles. The van der Waals surface area contributed by atoms with Crippen molar-refractivity contribution in [2.45, 2.75) is 20.0 Å². The van der Waals surface area contributed by atoms with Crippen molar-refractivity contribution in [2.75, 3.05) is 0 Å². The lowest BCUT2D eigenvalue weighted by atomic mass is 10.2. The molecule has 0 atom stereocenters. The smallest absolute Gasteiger partial charge is 0.266 e. The molecule has 0 fully saturated rings. The summed E-state index contributed by atoms with van der Waals surface area (Å²) in [6, 6.07) is 13.0. The van der Waals surface area contributed by atoms with Gasteiger partial charge in [-0.15, -0.1) is 4.83 Å². The topological polar surface area (TPSA) is 84.5 Å². The summed E-state index contributed by atoms with van der Waals surface area (Å²) in [6.45, 7) is 3.79. The molecule has 26 heavy (non-hydrogen) atoms. The van der Waals surface area contributed by atoms with Gasteiger partial charge in [0.15, 0.2) is 0 Å². The van der Waals surface area contributed by atoms with Gasteiger partial charge in [0, 0.05) is 16.0 Å². The minimum absolute atomic E-state index is 0.0221. The molecule has 0 bridgehead atoms. The van der Waals surface area contributed by atoms with Gasteiger partial charge in [0.05, 0.1) is 6.10 Å². The van der Waals surface area contributed by atoms with Crippen LogP contribution >= 0.6 is 11.6 Å². The summed E-state index contributed by atoms with van der Waals surface area (Å²) in [5.74, 6) is 0.0487. The molecule has 0 saturated carbocycles. The molecule has 2 rings (SSSR count). The Morgan fingerprint density at radius 3 is 2.27 bits per heavy atom. The fraction of sp³-hybridized carbons (Fsp3) is 0.167. The maximum absolute atomic E-state index is 12.0. The quantitative estimate of drug-likeness (QED) is 0.705. The number of hydrazine groups is 1. The highest BCUT2D eigenvalue weighted by atomic mass is 35.5. The molecule has 138 valence electrons. The van der Waals surface area contributed by atoms with Crippen LogP contribution in [0.1, 0.15) is 29.8 Å². The molecule has 1 amide bonds. The molecule has 2 N–H and O–H groups in total. The van der Waals surface area contributed by atoms with E-state index >= 15 is 0 Å². The fourth-order valence-electron chi connectivity index (χ4n) is 1.92. The minimum atomic E-state index is -3.84. The lowest BCUT2D eigenvalue weighted by molar-refractivity contribution is 0.0945. The van der Waals surface area contributed by atoms with Gasteiger partial charge < -0.3 is 4.74 Å². The highest BCUT2D eigenvalue weighted by Gasteiger charge is 2.10. The van der Waals surface area contributed by atoms with E-state index in [-0.39, 0.29) is 6.10 Å². The van der Waals surface area contributed by atoms with E-state index in [4.69, 9.17) is 16.3 Å². The third-order valence-electron chi connectivity index (χ3n) is 3.10. The molecule has 0 radical (unpaired) electrons. The van der Waals surface area contributed by atoms with Gasteiger partial charge in [-0.1, -0.05) is 23.7 Å². The second-order valence-corrected chi connectivity index (χ2v) is 7.65. The summed E-state index contributed by atoms with van der Waals surface area (Å²) in [5, 5.41) is 1.51. The lowest BCUT2D eigenvalue weighted by Crippen LogP contribution is -2.40. The molecule has 6 nitrogen and oxygen atoms in total. The van der Waals surface area contributed by atoms with Crippen LogP contribution in [-0.2, 0) is 10.0 Å². The van der Waals surface area contributed by atoms with Crippen molar-refractivity contribution in [1.29, 1.82) is 0 Å². The zero-order valence-electron chi connectivity index (χ0n) is 14.3. The summed E-state index contributed by atoms with van der Waals surface area (Å²) < 4.78 is 29.3. The largest absolute Gasteiger partial charge is 0.491 e. The van der Waals surface area contributed by atoms with Crippen molar-refractivity contribution in [2.24, 2.45) is 0 Å². The molecular formula is C18H19ClN2O4S. The van der Waals surface area contributed by atoms with Gasteiger partial charge >= 0.3 is 0 Å². The number of carbonyl (C=O) groups excluding carboxylic acids is 1. The first kappa shape index (κ1) is 20.0. The Bertz CT molecular complexity index is 876. The van der Waals surface area contributed by atoms with E-state index in [1.165, 1.54) is 6.08 Å². The van der Waals surface area contributed by atoms with Gasteiger partial charge in [-0.2, -0.15) is 0 Å². The number of amides is 1. The van der Waals surface area contributed by atoms with Crippen LogP contribution in [-0.4, -0.2) is 20.4 Å². The normalized spacial score (nSPS) is 11.7. The number of hydrogen-bond donors (Lipinski definition) is 2. The van der Waals surface area contributed by atoms with Crippen LogP contribution < -0.4 is 15.0 Å². The molecule has 0 aliphatic carbocycles. The third-order valence-corrected chi connectivity index (χ3v) is 4.24. The molecule has 0 aliphatic heterocycles. The highest BCUT2D eigenvalue weighted by molar-refractivity contribution is 7.92. The number of rotatable bonds is 7. The average Bonchev–Trinajstić information content (AvgIpc) is 2.59. The van der Waals surface area contributed by atoms with E-state index < -0.39 is 15.9 Å². The number of carbonyl (C=O) groups is 1. The Morgan fingerprint density at radius 1 is 1.08 bits per heavy atom. The van der Waals surface area contributed by atoms with Crippen LogP contribution in [0.2, 0.25) is 5.02 Å². The van der Waals surface area contributed by atoms with Gasteiger partial charge in [0.2, 0.25) is 0 Å². The summed E-state index contributed by atoms with van der Waals surface area (Å²) in [6.07, 6.45) is 1.41. The van der Waals surface area contributed by atoms with E-state index in [2.05, 4.69) is 5.43 Å². The van der Waals surface area contributed by atoms with Crippen molar-refractivity contribution in [1.82, 2.24) is 10.3 Å². The number of hydrogen-bond acceptors (Lipinski definition) is 4. The Morgan fingerprint density at radius 2 is 1.69 bits per heavy atom. The summed E-state index contributed by atoms with van der Waals surface area (Å²) >= 11 is 5.77. The van der Waals surface area contributed by atoms with Gasteiger partial charge in [0.25, 0.3) is 15.9 Å². The van der Waals surface area contributed by atoms with E-state index in [9.17, 15) is 13.2 Å². The molecule has 2 aromatic rings. The first-order valence-corrected chi connectivity index (χ1v) is 9.70. The van der Waals surface area contributed by atoms with Crippen LogP contribution in [0.4, 0.5) is 0 Å². The first-order valence-electron chi connectivity index (χ1n) is 7.78. The minimum Gasteiger partial charge on any atom is -0.491 e. The molecule has 0 heterocycles. The van der Waals surface area contributed by atoms with Crippen LogP contribution in [0.3, 0.4) is 0 Å². The van der Waals surface area contributed by atoms with E-state index in [1.807, 2.05) is 18.7 Å². The van der Waals surface area contributed by atoms with Gasteiger partial charge in [0.1, 0.15) is 5.75 Å². The number of nitrogens with one attached hydrogen (secondary N) is 2. The van der Waals surface area contributed by atoms with Crippen LogP contribution in [0, 0.1) is 0 Å². The average molecular weight is 395 g/mol. The van der Waals surface area contributed by atoms with E-state index in [0.29, 0.717) is 21.9 Å². The second kappa shape index (κ2) is 8.84. The van der Waals surface area contributed by atoms with Crippen LogP contribution in [0.25, 0.3) is 6.08 Å². The van der Waals surface area contributed by atoms with Crippen molar-refractivity contribution in [3.8, 4) is 5.75 Å². The predicted octanol–water partition coefficient (Wildman–Crippen LogP) is 3.36. The van der Waals surface area contributed by atoms with Crippen molar-refractivity contribution in [3.05, 3.63) is 70.1 Å². The standard InChI is InChI=1S/C18H19ClN2O4S/c1-13(2)25-17-9-5-15(6-10-17)18(22)20-21-26(23,24)12-11-14-3-7-16(19)8-4-14/h3-13,21H,1-2H3,(H,20,22)/b12-11+. The number of halogens is 1. The SMILES string of the molecule is CC(C)Oc1ccc(C(=O)NNS(=O)(=O)/C=C/c2ccc(Cl)cc2)cc1. The van der Waals surface area contributed by atoms with E-state index in [1.54, 1.807) is 48.5 Å². The Kier molecular flexibility index (Phi) is 6.79. The predicted molar refractivity (Wildman–Crippen MR) is 102 cm³/mol. The van der Waals surface area contributed by atoms with Crippen molar-refractivity contribution in [3.63, 3.8) is 0 Å². The Hall–Kier alpha value is -2.35. The maximum atomic E-state index is 12.0. The van der Waals surface area contributed by atoms with Crippen LogP contribution in [0.15, 0.2) is 53.9 Å². The highest BCUT2D eigenvalue weighted by Crippen LogP contribution is 2.14. The zero-order valence-corrected chi connectivity index (χ0v) is 15.8. The van der Waals surface area contributed by atoms with Gasteiger partial charge in [-0.3, -0.25) is 10.2 Å². The lowest BCUT2D eigenvalue weighted by Gasteiger charge is -2.10. The molecule has 0 saturated heterocycles. The first-order chi connectivity index (χ1) is 12.2. The monoisotopic (exact) mass is 394 g/mol. The van der Waals surface area contributed by atoms with Crippen molar-refractivity contribution < 1.29 is 17.9 Å². The second-order valence-electron chi connectivity index (χ2n) is 5.65. The number of sulfonamides is 1. The number of benzene rings is 2. The zero-order chi connectivity index (χ0) is 19.2. The molecule has 0 spiro atoms. The molecule has 0 aliphatic rings. The maximum Gasteiger partial charge on any atom is 0.266 e. The Balaban J connectivity index is 1.93. The van der Waals surface area contributed by atoms with E-state index in [0.717, 1.165) is 5.41 Å². The molecular weight excluding hydrogens is 376 g/mol. The molecule has 0 aromatic heterocycles. The fourth-order valence-corrected chi connectivity index (χ4v) is 2.69. The summed E-state index contributed by atoms with van der Waals surface area (Å²) in [7, 11) is -3.84. The molecule has 0 unspecified atom stereocenters.